The van der Waals surface area contributed by atoms with E-state index in [-0.39, 0.29) is 36.4 Å². The molecular weight excluding hydrogens is 538 g/mol. The predicted molar refractivity (Wildman–Crippen MR) is 160 cm³/mol. The van der Waals surface area contributed by atoms with Crippen LogP contribution in [0, 0.1) is 0 Å². The Bertz CT molecular complexity index is 1470. The molecule has 2 atom stereocenters. The van der Waals surface area contributed by atoms with Crippen molar-refractivity contribution in [3.8, 4) is 11.5 Å². The van der Waals surface area contributed by atoms with Crippen molar-refractivity contribution in [3.05, 3.63) is 65.7 Å². The molecule has 0 saturated heterocycles. The summed E-state index contributed by atoms with van der Waals surface area (Å²) >= 11 is 0. The Morgan fingerprint density at radius 2 is 1.83 bits per heavy atom. The zero-order valence-electron chi connectivity index (χ0n) is 25.2. The zero-order valence-corrected chi connectivity index (χ0v) is 25.2. The van der Waals surface area contributed by atoms with Crippen molar-refractivity contribution in [2.45, 2.75) is 51.9 Å². The van der Waals surface area contributed by atoms with Crippen molar-refractivity contribution in [1.82, 2.24) is 10.2 Å². The molecule has 0 saturated carbocycles. The third kappa shape index (κ3) is 6.60. The van der Waals surface area contributed by atoms with Gasteiger partial charge in [-0.25, -0.2) is 9.59 Å². The summed E-state index contributed by atoms with van der Waals surface area (Å²) in [6.07, 6.45) is -0.458. The number of benzene rings is 3. The molecule has 10 nitrogen and oxygen atoms in total. The maximum Gasteiger partial charge on any atom is 0.410 e. The number of rotatable bonds is 8. The maximum absolute atomic E-state index is 14.2. The van der Waals surface area contributed by atoms with E-state index in [0.717, 1.165) is 16.3 Å². The minimum Gasteiger partial charge on any atom is -0.496 e. The second kappa shape index (κ2) is 12.7. The van der Waals surface area contributed by atoms with Crippen LogP contribution >= 0.6 is 0 Å². The summed E-state index contributed by atoms with van der Waals surface area (Å²) in [4.78, 5) is 42.6. The molecule has 0 aromatic heterocycles. The van der Waals surface area contributed by atoms with Crippen LogP contribution in [-0.2, 0) is 20.8 Å². The molecule has 1 N–H and O–H groups in total. The van der Waals surface area contributed by atoms with Crippen LogP contribution in [0.4, 0.5) is 10.5 Å². The molecule has 1 unspecified atom stereocenters. The summed E-state index contributed by atoms with van der Waals surface area (Å²) in [6.45, 7) is 7.71. The highest BCUT2D eigenvalue weighted by atomic mass is 16.6. The summed E-state index contributed by atoms with van der Waals surface area (Å²) < 4.78 is 22.3. The number of ether oxygens (including phenoxy) is 4. The molecule has 2 amide bonds. The molecule has 224 valence electrons. The van der Waals surface area contributed by atoms with Crippen LogP contribution in [0.2, 0.25) is 0 Å². The first-order chi connectivity index (χ1) is 19.9. The number of para-hydroxylation sites is 1. The van der Waals surface area contributed by atoms with Crippen molar-refractivity contribution in [2.24, 2.45) is 0 Å². The van der Waals surface area contributed by atoms with Gasteiger partial charge in [0.2, 0.25) is 5.91 Å². The summed E-state index contributed by atoms with van der Waals surface area (Å²) in [6, 6.07) is 15.7. The maximum atomic E-state index is 14.2. The van der Waals surface area contributed by atoms with Crippen molar-refractivity contribution in [1.29, 1.82) is 0 Å². The third-order valence-corrected chi connectivity index (χ3v) is 7.18. The molecule has 0 spiro atoms. The SMILES string of the molecule is COC(=O)c1cccc2c1OCC(NC[C@H](C)N(C)C(=O)OC(C)(C)C)C(=O)N2Cc1c(OC)ccc2ccccc12. The van der Waals surface area contributed by atoms with Crippen LogP contribution in [-0.4, -0.2) is 75.0 Å². The van der Waals surface area contributed by atoms with Gasteiger partial charge in [-0.05, 0) is 56.7 Å². The Kier molecular flexibility index (Phi) is 9.26. The van der Waals surface area contributed by atoms with Gasteiger partial charge in [-0.1, -0.05) is 36.4 Å². The molecule has 1 heterocycles. The molecule has 3 aromatic rings. The van der Waals surface area contributed by atoms with Crippen LogP contribution in [0.5, 0.6) is 11.5 Å². The third-order valence-electron chi connectivity index (χ3n) is 7.18. The van der Waals surface area contributed by atoms with E-state index in [2.05, 4.69) is 5.32 Å². The molecular formula is C32H39N3O7. The van der Waals surface area contributed by atoms with Crippen LogP contribution in [0.3, 0.4) is 0 Å². The van der Waals surface area contributed by atoms with Crippen molar-refractivity contribution in [3.63, 3.8) is 0 Å². The number of methoxy groups -OCH3 is 2. The number of nitrogens with zero attached hydrogens (tertiary/aromatic N) is 2. The second-order valence-corrected chi connectivity index (χ2v) is 11.2. The predicted octanol–water partition coefficient (Wildman–Crippen LogP) is 4.77. The lowest BCUT2D eigenvalue weighted by atomic mass is 10.0. The average Bonchev–Trinajstić information content (AvgIpc) is 3.10. The summed E-state index contributed by atoms with van der Waals surface area (Å²) in [5, 5.41) is 5.22. The van der Waals surface area contributed by atoms with Gasteiger partial charge in [-0.3, -0.25) is 4.79 Å². The average molecular weight is 578 g/mol. The van der Waals surface area contributed by atoms with Crippen LogP contribution in [0.25, 0.3) is 10.8 Å². The molecule has 1 aliphatic heterocycles. The minimum absolute atomic E-state index is 0.0358. The van der Waals surface area contributed by atoms with Crippen LogP contribution in [0.1, 0.15) is 43.6 Å². The van der Waals surface area contributed by atoms with Crippen molar-refractivity contribution >= 4 is 34.4 Å². The van der Waals surface area contributed by atoms with Crippen LogP contribution in [0.15, 0.2) is 54.6 Å². The lowest BCUT2D eigenvalue weighted by molar-refractivity contribution is -0.121. The number of esters is 1. The van der Waals surface area contributed by atoms with E-state index in [4.69, 9.17) is 18.9 Å². The van der Waals surface area contributed by atoms with E-state index in [0.29, 0.717) is 18.0 Å². The Labute approximate surface area is 246 Å². The van der Waals surface area contributed by atoms with Gasteiger partial charge in [0.05, 0.1) is 26.5 Å². The summed E-state index contributed by atoms with van der Waals surface area (Å²) in [7, 11) is 4.55. The van der Waals surface area contributed by atoms with E-state index in [1.54, 1.807) is 37.3 Å². The first-order valence-electron chi connectivity index (χ1n) is 13.8. The number of nitrogens with one attached hydrogen (secondary N) is 1. The van der Waals surface area contributed by atoms with Crippen molar-refractivity contribution in [2.75, 3.05) is 39.3 Å². The Balaban J connectivity index is 1.69. The monoisotopic (exact) mass is 577 g/mol. The number of likely N-dealkylation sites (N-methyl/N-ethyl adjacent to an activating group) is 1. The number of carbonyl (C=O) groups is 3. The molecule has 0 radical (unpaired) electrons. The number of fused-ring (bicyclic) bond motifs is 2. The van der Waals surface area contributed by atoms with Gasteiger partial charge in [-0.2, -0.15) is 0 Å². The fourth-order valence-corrected chi connectivity index (χ4v) is 4.81. The van der Waals surface area contributed by atoms with Gasteiger partial charge >= 0.3 is 12.1 Å². The van der Waals surface area contributed by atoms with Gasteiger partial charge in [0.25, 0.3) is 0 Å². The van der Waals surface area contributed by atoms with Crippen molar-refractivity contribution < 1.29 is 33.3 Å². The highest BCUT2D eigenvalue weighted by Gasteiger charge is 2.35. The quantitative estimate of drug-likeness (QED) is 0.382. The normalized spacial score (nSPS) is 15.7. The molecule has 10 heteroatoms. The van der Waals surface area contributed by atoms with Gasteiger partial charge in [0.1, 0.15) is 29.6 Å². The van der Waals surface area contributed by atoms with E-state index in [1.165, 1.54) is 12.0 Å². The number of hydrogen-bond acceptors (Lipinski definition) is 8. The van der Waals surface area contributed by atoms with Gasteiger partial charge < -0.3 is 34.1 Å². The lowest BCUT2D eigenvalue weighted by Crippen LogP contribution is -2.52. The van der Waals surface area contributed by atoms with E-state index in [1.807, 2.05) is 64.1 Å². The van der Waals surface area contributed by atoms with Gasteiger partial charge in [-0.15, -0.1) is 0 Å². The number of hydrogen-bond donors (Lipinski definition) is 1. The lowest BCUT2D eigenvalue weighted by Gasteiger charge is -2.30. The number of anilines is 1. The van der Waals surface area contributed by atoms with Crippen LogP contribution < -0.4 is 19.7 Å². The van der Waals surface area contributed by atoms with Gasteiger partial charge in [0, 0.05) is 25.2 Å². The minimum atomic E-state index is -0.779. The largest absolute Gasteiger partial charge is 0.496 e. The summed E-state index contributed by atoms with van der Waals surface area (Å²) in [5.74, 6) is 0.0773. The van der Waals surface area contributed by atoms with E-state index < -0.39 is 23.7 Å². The molecule has 0 bridgehead atoms. The molecule has 0 fully saturated rings. The Morgan fingerprint density at radius 3 is 2.52 bits per heavy atom. The van der Waals surface area contributed by atoms with Gasteiger partial charge in [0.15, 0.2) is 5.75 Å². The molecule has 4 rings (SSSR count). The number of carbonyl (C=O) groups excluding carboxylic acids is 3. The zero-order chi connectivity index (χ0) is 30.6. The topological polar surface area (TPSA) is 107 Å². The molecule has 1 aliphatic rings. The second-order valence-electron chi connectivity index (χ2n) is 11.2. The van der Waals surface area contributed by atoms with E-state index in [9.17, 15) is 14.4 Å². The fourth-order valence-electron chi connectivity index (χ4n) is 4.81. The Hall–Kier alpha value is -4.31. The first-order valence-corrected chi connectivity index (χ1v) is 13.8. The molecule has 42 heavy (non-hydrogen) atoms. The van der Waals surface area contributed by atoms with E-state index >= 15 is 0 Å². The summed E-state index contributed by atoms with van der Waals surface area (Å²) in [5.41, 5.74) is 0.852. The first kappa shape index (κ1) is 30.6. The molecule has 3 aromatic carbocycles. The highest BCUT2D eigenvalue weighted by molar-refractivity contribution is 6.03. The standard InChI is InChI=1S/C32H39N3O7/c1-20(34(5)31(38)42-32(2,3)4)17-33-25-19-41-28-23(30(37)40-7)13-10-14-26(28)35(29(25)36)18-24-22-12-9-8-11-21(22)15-16-27(24)39-6/h8-16,20,25,33H,17-19H2,1-7H3/t20-,25?/m0/s1. The Morgan fingerprint density at radius 1 is 1.10 bits per heavy atom. The smallest absolute Gasteiger partial charge is 0.410 e. The molecule has 0 aliphatic carbocycles. The fraction of sp³-hybridized carbons (Fsp3) is 0.406. The number of amides is 2. The highest BCUT2D eigenvalue weighted by Crippen LogP contribution is 2.38.